The van der Waals surface area contributed by atoms with E-state index in [1.807, 2.05) is 4.90 Å². The molecule has 0 bridgehead atoms. The summed E-state index contributed by atoms with van der Waals surface area (Å²) in [4.78, 5) is 14.8. The second-order valence-corrected chi connectivity index (χ2v) is 7.34. The molecule has 1 aliphatic carbocycles. The summed E-state index contributed by atoms with van der Waals surface area (Å²) in [5, 5.41) is 4.18. The third-order valence-electron chi connectivity index (χ3n) is 4.89. The molecule has 1 saturated carbocycles. The third kappa shape index (κ3) is 6.02. The van der Waals surface area contributed by atoms with Crippen molar-refractivity contribution in [3.63, 3.8) is 0 Å². The van der Waals surface area contributed by atoms with E-state index in [1.54, 1.807) is 25.3 Å². The Morgan fingerprint density at radius 1 is 1.23 bits per heavy atom. The molecule has 0 atom stereocenters. The maximum absolute atomic E-state index is 12.9. The molecule has 1 heterocycles. The first-order chi connectivity index (χ1) is 12.2. The Hall–Kier alpha value is -1.01. The third-order valence-corrected chi connectivity index (χ3v) is 5.13. The molecule has 3 rings (SSSR count). The highest BCUT2D eigenvalue weighted by Gasteiger charge is 2.27. The molecule has 2 fully saturated rings. The van der Waals surface area contributed by atoms with Gasteiger partial charge in [0.25, 0.3) is 5.91 Å². The maximum Gasteiger partial charge on any atom is 0.257 e. The Kier molecular flexibility index (Phi) is 8.48. The molecular weight excluding hydrogens is 375 g/mol. The summed E-state index contributed by atoms with van der Waals surface area (Å²) in [6.07, 6.45) is 4.73. The lowest BCUT2D eigenvalue weighted by Gasteiger charge is -2.33. The number of halogens is 2. The summed E-state index contributed by atoms with van der Waals surface area (Å²) >= 11 is 6.10. The molecule has 1 amide bonds. The number of amides is 1. The van der Waals surface area contributed by atoms with Crippen LogP contribution in [0.2, 0.25) is 5.02 Å². The Balaban J connectivity index is 0.00000243. The molecular formula is C19H28Cl2N2O3. The van der Waals surface area contributed by atoms with Crippen LogP contribution in [0, 0.1) is 5.92 Å². The van der Waals surface area contributed by atoms with Gasteiger partial charge in [-0.25, -0.2) is 0 Å². The summed E-state index contributed by atoms with van der Waals surface area (Å²) in [6.45, 7) is 3.56. The summed E-state index contributed by atoms with van der Waals surface area (Å²) in [7, 11) is 1.62. The van der Waals surface area contributed by atoms with Crippen molar-refractivity contribution in [1.29, 1.82) is 0 Å². The van der Waals surface area contributed by atoms with Crippen molar-refractivity contribution in [2.75, 3.05) is 40.0 Å². The number of nitrogens with one attached hydrogen (secondary N) is 1. The van der Waals surface area contributed by atoms with Crippen molar-refractivity contribution in [3.8, 4) is 5.75 Å². The number of methoxy groups -OCH3 is 1. The molecule has 5 nitrogen and oxygen atoms in total. The quantitative estimate of drug-likeness (QED) is 0.676. The second-order valence-electron chi connectivity index (χ2n) is 6.90. The number of carbonyl (C=O) groups is 1. The standard InChI is InChI=1S/C19H27ClN2O3.ClH/c1-24-10-11-25-18-5-4-15(20)12-17(18)19(23)22-8-6-16(7-9-22)21-13-14-2-3-14;/h4-5,12,14,16,21H,2-3,6-11,13H2,1H3;1H. The Morgan fingerprint density at radius 3 is 2.62 bits per heavy atom. The van der Waals surface area contributed by atoms with Crippen LogP contribution in [-0.4, -0.2) is 56.8 Å². The van der Waals surface area contributed by atoms with Gasteiger partial charge in [-0.1, -0.05) is 11.6 Å². The Morgan fingerprint density at radius 2 is 1.96 bits per heavy atom. The summed E-state index contributed by atoms with van der Waals surface area (Å²) < 4.78 is 10.7. The van der Waals surface area contributed by atoms with E-state index in [0.29, 0.717) is 35.6 Å². The number of hydrogen-bond donors (Lipinski definition) is 1. The molecule has 26 heavy (non-hydrogen) atoms. The number of benzene rings is 1. The molecule has 0 aromatic heterocycles. The molecule has 0 radical (unpaired) electrons. The van der Waals surface area contributed by atoms with E-state index < -0.39 is 0 Å². The fourth-order valence-electron chi connectivity index (χ4n) is 3.14. The van der Waals surface area contributed by atoms with Crippen molar-refractivity contribution in [3.05, 3.63) is 28.8 Å². The zero-order valence-electron chi connectivity index (χ0n) is 15.2. The van der Waals surface area contributed by atoms with E-state index in [-0.39, 0.29) is 18.3 Å². The van der Waals surface area contributed by atoms with Gasteiger partial charge in [-0.05, 0) is 56.3 Å². The van der Waals surface area contributed by atoms with E-state index in [1.165, 1.54) is 12.8 Å². The highest BCUT2D eigenvalue weighted by molar-refractivity contribution is 6.31. The van der Waals surface area contributed by atoms with Crippen LogP contribution in [0.3, 0.4) is 0 Å². The summed E-state index contributed by atoms with van der Waals surface area (Å²) in [5.41, 5.74) is 0.535. The van der Waals surface area contributed by atoms with Crippen LogP contribution < -0.4 is 10.1 Å². The van der Waals surface area contributed by atoms with Gasteiger partial charge in [0.2, 0.25) is 0 Å². The van der Waals surface area contributed by atoms with Crippen LogP contribution in [0.4, 0.5) is 0 Å². The molecule has 1 N–H and O–H groups in total. The van der Waals surface area contributed by atoms with E-state index in [9.17, 15) is 4.79 Å². The number of carbonyl (C=O) groups excluding carboxylic acids is 1. The van der Waals surface area contributed by atoms with Crippen molar-refractivity contribution in [2.24, 2.45) is 5.92 Å². The number of nitrogens with zero attached hydrogens (tertiary/aromatic N) is 1. The average Bonchev–Trinajstić information content (AvgIpc) is 3.46. The molecule has 0 spiro atoms. The van der Waals surface area contributed by atoms with Crippen LogP contribution in [-0.2, 0) is 4.74 Å². The predicted molar refractivity (Wildman–Crippen MR) is 106 cm³/mol. The largest absolute Gasteiger partial charge is 0.490 e. The molecule has 146 valence electrons. The molecule has 2 aliphatic rings. The zero-order chi connectivity index (χ0) is 17.6. The minimum Gasteiger partial charge on any atom is -0.490 e. The van der Waals surface area contributed by atoms with E-state index in [2.05, 4.69) is 5.32 Å². The van der Waals surface area contributed by atoms with Gasteiger partial charge in [0.05, 0.1) is 12.2 Å². The molecule has 1 aromatic carbocycles. The van der Waals surface area contributed by atoms with Gasteiger partial charge in [-0.3, -0.25) is 4.79 Å². The van der Waals surface area contributed by atoms with Crippen LogP contribution in [0.1, 0.15) is 36.0 Å². The van der Waals surface area contributed by atoms with Crippen LogP contribution in [0.5, 0.6) is 5.75 Å². The molecule has 1 aliphatic heterocycles. The Labute approximate surface area is 166 Å². The van der Waals surface area contributed by atoms with Gasteiger partial charge >= 0.3 is 0 Å². The molecule has 7 heteroatoms. The van der Waals surface area contributed by atoms with Gasteiger partial charge < -0.3 is 19.7 Å². The first-order valence-corrected chi connectivity index (χ1v) is 9.49. The van der Waals surface area contributed by atoms with Crippen molar-refractivity contribution in [2.45, 2.75) is 31.7 Å². The van der Waals surface area contributed by atoms with Crippen molar-refractivity contribution < 1.29 is 14.3 Å². The number of likely N-dealkylation sites (tertiary alicyclic amines) is 1. The normalized spacial score (nSPS) is 17.7. The van der Waals surface area contributed by atoms with Gasteiger partial charge in [0.15, 0.2) is 0 Å². The fraction of sp³-hybridized carbons (Fsp3) is 0.632. The van der Waals surface area contributed by atoms with Crippen molar-refractivity contribution >= 4 is 29.9 Å². The van der Waals surface area contributed by atoms with E-state index >= 15 is 0 Å². The Bertz CT molecular complexity index is 588. The summed E-state index contributed by atoms with van der Waals surface area (Å²) in [5.74, 6) is 1.45. The van der Waals surface area contributed by atoms with Gasteiger partial charge in [0, 0.05) is 31.3 Å². The lowest BCUT2D eigenvalue weighted by molar-refractivity contribution is 0.0698. The van der Waals surface area contributed by atoms with Crippen molar-refractivity contribution in [1.82, 2.24) is 10.2 Å². The minimum atomic E-state index is -0.00411. The SMILES string of the molecule is COCCOc1ccc(Cl)cc1C(=O)N1CCC(NCC2CC2)CC1.Cl. The number of rotatable bonds is 8. The number of ether oxygens (including phenoxy) is 2. The zero-order valence-corrected chi connectivity index (χ0v) is 16.8. The molecule has 0 unspecified atom stereocenters. The lowest BCUT2D eigenvalue weighted by atomic mass is 10.0. The van der Waals surface area contributed by atoms with Gasteiger partial charge in [-0.15, -0.1) is 12.4 Å². The van der Waals surface area contributed by atoms with Gasteiger partial charge in [0.1, 0.15) is 12.4 Å². The monoisotopic (exact) mass is 402 g/mol. The maximum atomic E-state index is 12.9. The number of hydrogen-bond acceptors (Lipinski definition) is 4. The lowest BCUT2D eigenvalue weighted by Crippen LogP contribution is -2.45. The molecule has 1 aromatic rings. The highest BCUT2D eigenvalue weighted by Crippen LogP contribution is 2.29. The first-order valence-electron chi connectivity index (χ1n) is 9.11. The first kappa shape index (κ1) is 21.3. The average molecular weight is 403 g/mol. The minimum absolute atomic E-state index is 0. The second kappa shape index (κ2) is 10.4. The molecule has 1 saturated heterocycles. The van der Waals surface area contributed by atoms with Gasteiger partial charge in [-0.2, -0.15) is 0 Å². The highest BCUT2D eigenvalue weighted by atomic mass is 35.5. The van der Waals surface area contributed by atoms with Crippen LogP contribution >= 0.6 is 24.0 Å². The van der Waals surface area contributed by atoms with E-state index in [0.717, 1.165) is 38.4 Å². The smallest absolute Gasteiger partial charge is 0.257 e. The predicted octanol–water partition coefficient (Wildman–Crippen LogP) is 3.39. The fourth-order valence-corrected chi connectivity index (χ4v) is 3.31. The summed E-state index contributed by atoms with van der Waals surface area (Å²) in [6, 6.07) is 5.73. The van der Waals surface area contributed by atoms with Crippen LogP contribution in [0.15, 0.2) is 18.2 Å². The van der Waals surface area contributed by atoms with E-state index in [4.69, 9.17) is 21.1 Å². The van der Waals surface area contributed by atoms with Crippen LogP contribution in [0.25, 0.3) is 0 Å². The topological polar surface area (TPSA) is 50.8 Å². The number of piperidine rings is 1.